The van der Waals surface area contributed by atoms with E-state index in [1.807, 2.05) is 11.4 Å². The van der Waals surface area contributed by atoms with Crippen LogP contribution in [0.1, 0.15) is 4.88 Å². The summed E-state index contributed by atoms with van der Waals surface area (Å²) >= 11 is 4.85. The topological polar surface area (TPSA) is 58.2 Å². The Labute approximate surface area is 125 Å². The molecule has 2 N–H and O–H groups in total. The highest BCUT2D eigenvalue weighted by atomic mass is 79.9. The Bertz CT molecular complexity index is 668. The SMILES string of the molecule is CNc1ccccc1S(=O)(=O)NCc1cc(Br)cs1. The van der Waals surface area contributed by atoms with E-state index in [1.54, 1.807) is 31.3 Å². The van der Waals surface area contributed by atoms with Crippen LogP contribution in [0.25, 0.3) is 0 Å². The maximum Gasteiger partial charge on any atom is 0.242 e. The van der Waals surface area contributed by atoms with Gasteiger partial charge in [-0.3, -0.25) is 0 Å². The largest absolute Gasteiger partial charge is 0.387 e. The van der Waals surface area contributed by atoms with Crippen LogP contribution in [0.2, 0.25) is 0 Å². The molecular weight excluding hydrogens is 348 g/mol. The van der Waals surface area contributed by atoms with Gasteiger partial charge in [-0.15, -0.1) is 11.3 Å². The van der Waals surface area contributed by atoms with Gasteiger partial charge in [0.1, 0.15) is 4.90 Å². The van der Waals surface area contributed by atoms with Crippen LogP contribution in [0.3, 0.4) is 0 Å². The van der Waals surface area contributed by atoms with E-state index in [4.69, 9.17) is 0 Å². The van der Waals surface area contributed by atoms with E-state index in [1.165, 1.54) is 11.3 Å². The minimum Gasteiger partial charge on any atom is -0.387 e. The lowest BCUT2D eigenvalue weighted by Gasteiger charge is -2.10. The van der Waals surface area contributed by atoms with Crippen molar-refractivity contribution in [2.24, 2.45) is 0 Å². The highest BCUT2D eigenvalue weighted by Crippen LogP contribution is 2.22. The van der Waals surface area contributed by atoms with Crippen molar-refractivity contribution in [3.8, 4) is 0 Å². The van der Waals surface area contributed by atoms with Crippen LogP contribution in [-0.2, 0) is 16.6 Å². The fourth-order valence-corrected chi connectivity index (χ4v) is 4.30. The number of sulfonamides is 1. The van der Waals surface area contributed by atoms with E-state index in [9.17, 15) is 8.42 Å². The molecule has 1 aromatic heterocycles. The van der Waals surface area contributed by atoms with E-state index in [0.29, 0.717) is 5.69 Å². The molecule has 0 amide bonds. The third-order valence-electron chi connectivity index (χ3n) is 2.50. The minimum absolute atomic E-state index is 0.258. The average molecular weight is 361 g/mol. The molecule has 1 aromatic carbocycles. The van der Waals surface area contributed by atoms with Crippen LogP contribution < -0.4 is 10.0 Å². The average Bonchev–Trinajstić information content (AvgIpc) is 2.82. The van der Waals surface area contributed by atoms with Crippen molar-refractivity contribution in [2.45, 2.75) is 11.4 Å². The number of halogens is 1. The number of thiophene rings is 1. The molecule has 0 unspecified atom stereocenters. The summed E-state index contributed by atoms with van der Waals surface area (Å²) in [6.07, 6.45) is 0. The van der Waals surface area contributed by atoms with Crippen molar-refractivity contribution in [1.29, 1.82) is 0 Å². The van der Waals surface area contributed by atoms with Gasteiger partial charge < -0.3 is 5.32 Å². The molecule has 0 saturated carbocycles. The minimum atomic E-state index is -3.51. The molecule has 0 fully saturated rings. The maximum absolute atomic E-state index is 12.2. The summed E-state index contributed by atoms with van der Waals surface area (Å²) in [5, 5.41) is 4.80. The first-order valence-corrected chi connectivity index (χ1v) is 8.68. The lowest BCUT2D eigenvalue weighted by molar-refractivity contribution is 0.582. The zero-order valence-corrected chi connectivity index (χ0v) is 13.4. The number of para-hydroxylation sites is 1. The van der Waals surface area contributed by atoms with Gasteiger partial charge in [-0.05, 0) is 34.1 Å². The lowest BCUT2D eigenvalue weighted by Crippen LogP contribution is -2.23. The molecule has 2 rings (SSSR count). The number of rotatable bonds is 5. The Morgan fingerprint density at radius 3 is 2.68 bits per heavy atom. The van der Waals surface area contributed by atoms with Crippen LogP contribution >= 0.6 is 27.3 Å². The quantitative estimate of drug-likeness (QED) is 0.861. The Kier molecular flexibility index (Phi) is 4.62. The second-order valence-electron chi connectivity index (χ2n) is 3.80. The number of anilines is 1. The van der Waals surface area contributed by atoms with Crippen molar-refractivity contribution in [1.82, 2.24) is 4.72 Å². The van der Waals surface area contributed by atoms with Crippen LogP contribution in [0.4, 0.5) is 5.69 Å². The fraction of sp³-hybridized carbons (Fsp3) is 0.167. The third kappa shape index (κ3) is 3.56. The molecule has 0 saturated heterocycles. The standard InChI is InChI=1S/C12H13BrN2O2S2/c1-14-11-4-2-3-5-12(11)19(16,17)15-7-10-6-9(13)8-18-10/h2-6,8,14-15H,7H2,1H3. The molecule has 0 aliphatic heterocycles. The summed E-state index contributed by atoms with van der Waals surface area (Å²) in [5.41, 5.74) is 0.586. The summed E-state index contributed by atoms with van der Waals surface area (Å²) in [5.74, 6) is 0. The predicted molar refractivity (Wildman–Crippen MR) is 82.0 cm³/mol. The van der Waals surface area contributed by atoms with E-state index in [2.05, 4.69) is 26.0 Å². The van der Waals surface area contributed by atoms with Crippen LogP contribution in [0.15, 0.2) is 45.1 Å². The molecule has 0 aliphatic rings. The summed E-state index contributed by atoms with van der Waals surface area (Å²) in [6, 6.07) is 8.71. The molecule has 2 aromatic rings. The van der Waals surface area contributed by atoms with Gasteiger partial charge >= 0.3 is 0 Å². The first-order chi connectivity index (χ1) is 9.03. The predicted octanol–water partition coefficient (Wildman–Crippen LogP) is 3.03. The summed E-state index contributed by atoms with van der Waals surface area (Å²) in [6.45, 7) is 0.288. The first-order valence-electron chi connectivity index (χ1n) is 5.52. The molecule has 102 valence electrons. The molecule has 0 spiro atoms. The highest BCUT2D eigenvalue weighted by Gasteiger charge is 2.17. The van der Waals surface area contributed by atoms with Crippen molar-refractivity contribution in [2.75, 3.05) is 12.4 Å². The Morgan fingerprint density at radius 2 is 2.05 bits per heavy atom. The van der Waals surface area contributed by atoms with Crippen LogP contribution in [-0.4, -0.2) is 15.5 Å². The normalized spacial score (nSPS) is 11.5. The Balaban J connectivity index is 2.18. The Hall–Kier alpha value is -0.890. The molecule has 4 nitrogen and oxygen atoms in total. The van der Waals surface area contributed by atoms with Crippen molar-refractivity contribution >= 4 is 43.0 Å². The zero-order chi connectivity index (χ0) is 13.9. The van der Waals surface area contributed by atoms with E-state index in [0.717, 1.165) is 9.35 Å². The third-order valence-corrected chi connectivity index (χ3v) is 5.66. The number of hydrogen-bond donors (Lipinski definition) is 2. The monoisotopic (exact) mass is 360 g/mol. The summed E-state index contributed by atoms with van der Waals surface area (Å²) < 4.78 is 28.0. The van der Waals surface area contributed by atoms with Gasteiger partial charge in [0.05, 0.1) is 5.69 Å². The molecule has 19 heavy (non-hydrogen) atoms. The van der Waals surface area contributed by atoms with Crippen LogP contribution in [0, 0.1) is 0 Å². The molecule has 1 heterocycles. The van der Waals surface area contributed by atoms with E-state index in [-0.39, 0.29) is 11.4 Å². The fourth-order valence-electron chi connectivity index (χ4n) is 1.60. The van der Waals surface area contributed by atoms with Gasteiger partial charge in [-0.1, -0.05) is 12.1 Å². The maximum atomic E-state index is 12.2. The Morgan fingerprint density at radius 1 is 1.32 bits per heavy atom. The van der Waals surface area contributed by atoms with Crippen molar-refractivity contribution in [3.05, 3.63) is 45.1 Å². The van der Waals surface area contributed by atoms with Crippen molar-refractivity contribution in [3.63, 3.8) is 0 Å². The number of benzene rings is 1. The first kappa shape index (κ1) is 14.5. The highest BCUT2D eigenvalue weighted by molar-refractivity contribution is 9.10. The molecular formula is C12H13BrN2O2S2. The second-order valence-corrected chi connectivity index (χ2v) is 7.45. The van der Waals surface area contributed by atoms with Gasteiger partial charge in [-0.2, -0.15) is 0 Å². The second kappa shape index (κ2) is 6.04. The van der Waals surface area contributed by atoms with Gasteiger partial charge in [0.25, 0.3) is 0 Å². The van der Waals surface area contributed by atoms with E-state index >= 15 is 0 Å². The summed E-state index contributed by atoms with van der Waals surface area (Å²) in [4.78, 5) is 1.21. The molecule has 0 bridgehead atoms. The van der Waals surface area contributed by atoms with Crippen molar-refractivity contribution < 1.29 is 8.42 Å². The smallest absolute Gasteiger partial charge is 0.242 e. The van der Waals surface area contributed by atoms with Gasteiger partial charge in [0, 0.05) is 28.3 Å². The van der Waals surface area contributed by atoms with E-state index < -0.39 is 10.0 Å². The van der Waals surface area contributed by atoms with Gasteiger partial charge in [-0.25, -0.2) is 13.1 Å². The lowest BCUT2D eigenvalue weighted by atomic mass is 10.3. The van der Waals surface area contributed by atoms with Gasteiger partial charge in [0.2, 0.25) is 10.0 Å². The summed E-state index contributed by atoms with van der Waals surface area (Å²) in [7, 11) is -1.81. The molecule has 0 radical (unpaired) electrons. The van der Waals surface area contributed by atoms with Gasteiger partial charge in [0.15, 0.2) is 0 Å². The van der Waals surface area contributed by atoms with Crippen LogP contribution in [0.5, 0.6) is 0 Å². The molecule has 7 heteroatoms. The number of hydrogen-bond acceptors (Lipinski definition) is 4. The number of nitrogens with one attached hydrogen (secondary N) is 2. The molecule has 0 atom stereocenters. The molecule has 0 aliphatic carbocycles. The zero-order valence-electron chi connectivity index (χ0n) is 10.2.